The fourth-order valence-corrected chi connectivity index (χ4v) is 6.72. The number of quaternary nitrogens is 1. The molecule has 1 N–H and O–H groups in total. The third-order valence-electron chi connectivity index (χ3n) is 10.4. The van der Waals surface area contributed by atoms with E-state index in [1.807, 2.05) is 21.1 Å². The Balaban J connectivity index is 4.04. The number of esters is 2. The molecule has 0 aromatic carbocycles. The monoisotopic (exact) mass is 785 g/mol. The van der Waals surface area contributed by atoms with Gasteiger partial charge in [-0.25, -0.2) is 4.79 Å². The third kappa shape index (κ3) is 40.3. The Morgan fingerprint density at radius 2 is 0.818 bits per heavy atom. The summed E-state index contributed by atoms with van der Waals surface area (Å²) in [5.74, 6) is -2.01. The molecular formula is C46H90NO8+. The van der Waals surface area contributed by atoms with E-state index in [-0.39, 0.29) is 32.2 Å². The molecule has 0 amide bonds. The van der Waals surface area contributed by atoms with Gasteiger partial charge in [0, 0.05) is 12.8 Å². The number of rotatable bonds is 43. The highest BCUT2D eigenvalue weighted by atomic mass is 16.7. The smallest absolute Gasteiger partial charge is 0.361 e. The first-order valence-electron chi connectivity index (χ1n) is 23.2. The van der Waals surface area contributed by atoms with E-state index in [9.17, 15) is 19.5 Å². The van der Waals surface area contributed by atoms with Gasteiger partial charge in [-0.3, -0.25) is 9.59 Å². The van der Waals surface area contributed by atoms with Crippen LogP contribution in [0.1, 0.15) is 219 Å². The van der Waals surface area contributed by atoms with Crippen LogP contribution in [0.15, 0.2) is 0 Å². The molecule has 9 heteroatoms. The van der Waals surface area contributed by atoms with Crippen molar-refractivity contribution in [2.24, 2.45) is 0 Å². The third-order valence-corrected chi connectivity index (χ3v) is 10.4. The second-order valence-corrected chi connectivity index (χ2v) is 17.1. The van der Waals surface area contributed by atoms with Crippen LogP contribution < -0.4 is 0 Å². The molecule has 0 rings (SSSR count). The van der Waals surface area contributed by atoms with Gasteiger partial charge in [0.1, 0.15) is 13.2 Å². The van der Waals surface area contributed by atoms with Gasteiger partial charge in [0.05, 0.1) is 34.4 Å². The van der Waals surface area contributed by atoms with Crippen LogP contribution in [0.3, 0.4) is 0 Å². The molecule has 0 heterocycles. The van der Waals surface area contributed by atoms with Crippen LogP contribution in [0.5, 0.6) is 0 Å². The summed E-state index contributed by atoms with van der Waals surface area (Å²) in [5.41, 5.74) is 0. The highest BCUT2D eigenvalue weighted by molar-refractivity contribution is 5.71. The van der Waals surface area contributed by atoms with Gasteiger partial charge in [0.25, 0.3) is 6.29 Å². The van der Waals surface area contributed by atoms with E-state index in [1.165, 1.54) is 141 Å². The maximum absolute atomic E-state index is 12.7. The molecule has 9 nitrogen and oxygen atoms in total. The van der Waals surface area contributed by atoms with Crippen LogP contribution >= 0.6 is 0 Å². The van der Waals surface area contributed by atoms with E-state index in [1.54, 1.807) is 0 Å². The number of unbranched alkanes of at least 4 members (excludes halogenated alkanes) is 28. The van der Waals surface area contributed by atoms with Gasteiger partial charge in [-0.15, -0.1) is 0 Å². The molecule has 0 aromatic rings. The molecule has 0 saturated carbocycles. The average Bonchev–Trinajstić information content (AvgIpc) is 3.14. The molecule has 326 valence electrons. The molecule has 55 heavy (non-hydrogen) atoms. The number of carbonyl (C=O) groups excluding carboxylic acids is 2. The largest absolute Gasteiger partial charge is 0.477 e. The van der Waals surface area contributed by atoms with Crippen molar-refractivity contribution in [3.8, 4) is 0 Å². The Morgan fingerprint density at radius 3 is 1.16 bits per heavy atom. The summed E-state index contributed by atoms with van der Waals surface area (Å²) in [6, 6.07) is 0. The summed E-state index contributed by atoms with van der Waals surface area (Å²) in [6.45, 7) is 4.81. The van der Waals surface area contributed by atoms with Gasteiger partial charge < -0.3 is 28.5 Å². The molecule has 0 radical (unpaired) electrons. The van der Waals surface area contributed by atoms with Crippen LogP contribution in [-0.4, -0.2) is 87.4 Å². The lowest BCUT2D eigenvalue weighted by molar-refractivity contribution is -0.870. The van der Waals surface area contributed by atoms with Crippen molar-refractivity contribution in [2.45, 2.75) is 232 Å². The lowest BCUT2D eigenvalue weighted by Crippen LogP contribution is -2.40. The number of carbonyl (C=O) groups is 3. The molecule has 0 spiro atoms. The van der Waals surface area contributed by atoms with Crippen LogP contribution in [0.2, 0.25) is 0 Å². The fourth-order valence-electron chi connectivity index (χ4n) is 6.72. The second kappa shape index (κ2) is 39.1. The Morgan fingerprint density at radius 1 is 0.473 bits per heavy atom. The molecule has 0 bridgehead atoms. The molecule has 0 aromatic heterocycles. The van der Waals surface area contributed by atoms with Gasteiger partial charge in [0.15, 0.2) is 6.10 Å². The van der Waals surface area contributed by atoms with Crippen molar-refractivity contribution in [3.05, 3.63) is 0 Å². The topological polar surface area (TPSA) is 108 Å². The Kier molecular flexibility index (Phi) is 37.9. The maximum atomic E-state index is 12.7. The zero-order valence-corrected chi connectivity index (χ0v) is 36.9. The number of hydrogen-bond acceptors (Lipinski definition) is 7. The Hall–Kier alpha value is -1.71. The quantitative estimate of drug-likeness (QED) is 0.0282. The van der Waals surface area contributed by atoms with Crippen LogP contribution in [-0.2, 0) is 33.3 Å². The highest BCUT2D eigenvalue weighted by Gasteiger charge is 2.25. The second-order valence-electron chi connectivity index (χ2n) is 17.1. The van der Waals surface area contributed by atoms with Crippen LogP contribution in [0.4, 0.5) is 0 Å². The first-order chi connectivity index (χ1) is 26.6. The van der Waals surface area contributed by atoms with Crippen molar-refractivity contribution in [1.29, 1.82) is 0 Å². The molecule has 0 saturated heterocycles. The van der Waals surface area contributed by atoms with Crippen molar-refractivity contribution in [3.63, 3.8) is 0 Å². The first-order valence-corrected chi connectivity index (χ1v) is 23.2. The van der Waals surface area contributed by atoms with Gasteiger partial charge in [-0.2, -0.15) is 0 Å². The van der Waals surface area contributed by atoms with Gasteiger partial charge in [-0.05, 0) is 12.8 Å². The van der Waals surface area contributed by atoms with Gasteiger partial charge in [-0.1, -0.05) is 194 Å². The summed E-state index contributed by atoms with van der Waals surface area (Å²) in [6.07, 6.45) is 36.5. The predicted octanol–water partition coefficient (Wildman–Crippen LogP) is 12.1. The number of likely N-dealkylation sites (N-methyl/N-ethyl adjacent to an activating group) is 1. The Bertz CT molecular complexity index is 876. The summed E-state index contributed by atoms with van der Waals surface area (Å²) in [7, 11) is 5.95. The van der Waals surface area contributed by atoms with Gasteiger partial charge in [0.2, 0.25) is 0 Å². The molecule has 2 atom stereocenters. The first kappa shape index (κ1) is 53.3. The number of carboxylic acid groups (broad SMARTS) is 1. The lowest BCUT2D eigenvalue weighted by Gasteiger charge is -2.25. The van der Waals surface area contributed by atoms with Gasteiger partial charge >= 0.3 is 17.9 Å². The SMILES string of the molecule is CCCCCCCCCCCCCCCCCCCCCCCCCCCC(=O)OC(COC(=O)CCCCCCC)COC(OCC[N+](C)(C)C)C(=O)O. The van der Waals surface area contributed by atoms with E-state index in [2.05, 4.69) is 13.8 Å². The van der Waals surface area contributed by atoms with Crippen LogP contribution in [0.25, 0.3) is 0 Å². The number of nitrogens with zero attached hydrogens (tertiary/aromatic N) is 1. The molecule has 0 aliphatic heterocycles. The summed E-state index contributed by atoms with van der Waals surface area (Å²) >= 11 is 0. The van der Waals surface area contributed by atoms with E-state index in [4.69, 9.17) is 18.9 Å². The minimum absolute atomic E-state index is 0.176. The fraction of sp³-hybridized carbons (Fsp3) is 0.935. The molecule has 0 aliphatic rings. The molecule has 0 fully saturated rings. The highest BCUT2D eigenvalue weighted by Crippen LogP contribution is 2.16. The van der Waals surface area contributed by atoms with E-state index >= 15 is 0 Å². The standard InChI is InChI=1S/C46H89NO8/c1-6-8-10-12-13-14-15-16-17-18-19-20-21-22-23-24-25-26-27-28-29-30-31-33-35-37-44(49)55-42(40-53-43(48)36-34-32-11-9-7-2)41-54-46(45(50)51)52-39-38-47(3,4)5/h42,46H,6-41H2,1-5H3/p+1. The average molecular weight is 785 g/mol. The summed E-state index contributed by atoms with van der Waals surface area (Å²) in [5, 5.41) is 9.58. The van der Waals surface area contributed by atoms with E-state index in [0.29, 0.717) is 17.4 Å². The maximum Gasteiger partial charge on any atom is 0.361 e. The molecule has 0 aliphatic carbocycles. The molecular weight excluding hydrogens is 695 g/mol. The number of aliphatic carboxylic acids is 1. The Labute approximate surface area is 339 Å². The molecule has 2 unspecified atom stereocenters. The van der Waals surface area contributed by atoms with Crippen molar-refractivity contribution >= 4 is 17.9 Å². The van der Waals surface area contributed by atoms with Crippen molar-refractivity contribution in [1.82, 2.24) is 0 Å². The van der Waals surface area contributed by atoms with E-state index in [0.717, 1.165) is 51.4 Å². The number of hydrogen-bond donors (Lipinski definition) is 1. The zero-order chi connectivity index (χ0) is 40.7. The normalized spacial score (nSPS) is 12.8. The number of ether oxygens (including phenoxy) is 4. The lowest BCUT2D eigenvalue weighted by atomic mass is 10.0. The minimum atomic E-state index is -1.50. The van der Waals surface area contributed by atoms with Crippen LogP contribution in [0, 0.1) is 0 Å². The van der Waals surface area contributed by atoms with Crippen molar-refractivity contribution < 1.29 is 42.9 Å². The summed E-state index contributed by atoms with van der Waals surface area (Å²) in [4.78, 5) is 36.7. The van der Waals surface area contributed by atoms with E-state index < -0.39 is 24.3 Å². The van der Waals surface area contributed by atoms with Crippen molar-refractivity contribution in [2.75, 3.05) is 47.5 Å². The zero-order valence-electron chi connectivity index (χ0n) is 36.9. The predicted molar refractivity (Wildman–Crippen MR) is 226 cm³/mol. The minimum Gasteiger partial charge on any atom is -0.477 e. The summed E-state index contributed by atoms with van der Waals surface area (Å²) < 4.78 is 22.6. The number of carboxylic acids is 1.